The van der Waals surface area contributed by atoms with Crippen LogP contribution in [-0.2, 0) is 6.54 Å². The molecule has 0 unspecified atom stereocenters. The van der Waals surface area contributed by atoms with E-state index in [1.54, 1.807) is 0 Å². The Labute approximate surface area is 143 Å². The summed E-state index contributed by atoms with van der Waals surface area (Å²) in [6, 6.07) is 10.3. The van der Waals surface area contributed by atoms with E-state index < -0.39 is 6.10 Å². The van der Waals surface area contributed by atoms with Gasteiger partial charge in [-0.1, -0.05) is 30.3 Å². The summed E-state index contributed by atoms with van der Waals surface area (Å²) in [5.41, 5.74) is 1.96. The number of aliphatic hydroxyl groups excluding tert-OH is 1. The molecule has 0 bridgehead atoms. The number of benzene rings is 1. The van der Waals surface area contributed by atoms with Crippen molar-refractivity contribution in [3.8, 4) is 0 Å². The summed E-state index contributed by atoms with van der Waals surface area (Å²) in [4.78, 5) is 9.21. The van der Waals surface area contributed by atoms with Gasteiger partial charge in [0.1, 0.15) is 5.76 Å². The van der Waals surface area contributed by atoms with Gasteiger partial charge in [0.15, 0.2) is 0 Å². The van der Waals surface area contributed by atoms with Crippen LogP contribution >= 0.6 is 0 Å². The number of aromatic nitrogens is 1. The molecule has 0 spiro atoms. The molecule has 0 aliphatic carbocycles. The molecule has 24 heavy (non-hydrogen) atoms. The van der Waals surface area contributed by atoms with Crippen molar-refractivity contribution < 1.29 is 9.52 Å². The second-order valence-electron chi connectivity index (χ2n) is 6.75. The molecular weight excluding hydrogens is 302 g/mol. The number of piperazine rings is 1. The van der Waals surface area contributed by atoms with Crippen molar-refractivity contribution >= 4 is 0 Å². The molecule has 1 saturated heterocycles. The van der Waals surface area contributed by atoms with Crippen LogP contribution in [0.25, 0.3) is 0 Å². The number of β-amino-alcohol motifs (C(OH)–C–C–N with tert-alkyl or cyclic N) is 1. The van der Waals surface area contributed by atoms with E-state index >= 15 is 0 Å². The molecule has 1 aliphatic heterocycles. The van der Waals surface area contributed by atoms with Crippen molar-refractivity contribution in [2.45, 2.75) is 39.5 Å². The van der Waals surface area contributed by atoms with Crippen LogP contribution in [0.15, 0.2) is 34.7 Å². The maximum atomic E-state index is 10.4. The number of oxazole rings is 1. The molecule has 2 aromatic rings. The maximum absolute atomic E-state index is 10.4. The fourth-order valence-corrected chi connectivity index (χ4v) is 3.29. The Morgan fingerprint density at radius 2 is 2.00 bits per heavy atom. The number of hydrogen-bond acceptors (Lipinski definition) is 5. The normalized spacial score (nSPS) is 21.1. The minimum Gasteiger partial charge on any atom is -0.444 e. The fraction of sp³-hybridized carbons (Fsp3) is 0.526. The third kappa shape index (κ3) is 4.04. The van der Waals surface area contributed by atoms with Crippen LogP contribution in [0.5, 0.6) is 0 Å². The summed E-state index contributed by atoms with van der Waals surface area (Å²) in [5, 5.41) is 10.4. The lowest BCUT2D eigenvalue weighted by Crippen LogP contribution is -2.52. The molecule has 1 aromatic heterocycles. The monoisotopic (exact) mass is 329 g/mol. The van der Waals surface area contributed by atoms with Crippen LogP contribution in [0.3, 0.4) is 0 Å². The summed E-state index contributed by atoms with van der Waals surface area (Å²) in [6.07, 6.45) is -0.433. The molecule has 1 fully saturated rings. The highest BCUT2D eigenvalue weighted by molar-refractivity contribution is 5.17. The number of aryl methyl sites for hydroxylation is 2. The average molecular weight is 329 g/mol. The lowest BCUT2D eigenvalue weighted by molar-refractivity contribution is 0.0334. The second-order valence-corrected chi connectivity index (χ2v) is 6.75. The van der Waals surface area contributed by atoms with Crippen LogP contribution in [0.1, 0.15) is 35.9 Å². The van der Waals surface area contributed by atoms with Gasteiger partial charge in [0.25, 0.3) is 0 Å². The van der Waals surface area contributed by atoms with E-state index in [0.29, 0.717) is 12.6 Å². The molecular formula is C19H27N3O2. The van der Waals surface area contributed by atoms with E-state index in [-0.39, 0.29) is 0 Å². The summed E-state index contributed by atoms with van der Waals surface area (Å²) in [6.45, 7) is 10.5. The molecule has 130 valence electrons. The van der Waals surface area contributed by atoms with Crippen molar-refractivity contribution in [3.63, 3.8) is 0 Å². The van der Waals surface area contributed by atoms with Gasteiger partial charge in [0, 0.05) is 32.2 Å². The topological polar surface area (TPSA) is 52.7 Å². The highest BCUT2D eigenvalue weighted by Crippen LogP contribution is 2.19. The third-order valence-electron chi connectivity index (χ3n) is 4.87. The molecule has 1 N–H and O–H groups in total. The van der Waals surface area contributed by atoms with Gasteiger partial charge < -0.3 is 9.52 Å². The molecule has 0 saturated carbocycles. The number of hydrogen-bond donors (Lipinski definition) is 1. The fourth-order valence-electron chi connectivity index (χ4n) is 3.29. The zero-order valence-corrected chi connectivity index (χ0v) is 14.8. The molecule has 5 heteroatoms. The minimum atomic E-state index is -0.433. The first-order chi connectivity index (χ1) is 11.5. The smallest absolute Gasteiger partial charge is 0.208 e. The molecule has 3 rings (SSSR count). The minimum absolute atomic E-state index is 0.397. The summed E-state index contributed by atoms with van der Waals surface area (Å²) >= 11 is 0. The van der Waals surface area contributed by atoms with Gasteiger partial charge in [-0.05, 0) is 26.3 Å². The highest BCUT2D eigenvalue weighted by Gasteiger charge is 2.26. The second kappa shape index (κ2) is 7.47. The predicted molar refractivity (Wildman–Crippen MR) is 93.7 cm³/mol. The van der Waals surface area contributed by atoms with Crippen LogP contribution in [-0.4, -0.2) is 52.1 Å². The van der Waals surface area contributed by atoms with Gasteiger partial charge in [-0.25, -0.2) is 4.98 Å². The Morgan fingerprint density at radius 1 is 1.25 bits per heavy atom. The first-order valence-corrected chi connectivity index (χ1v) is 8.65. The number of nitrogens with zero attached hydrogens (tertiary/aromatic N) is 3. The molecule has 0 radical (unpaired) electrons. The zero-order valence-electron chi connectivity index (χ0n) is 14.8. The summed E-state index contributed by atoms with van der Waals surface area (Å²) in [7, 11) is 0. The zero-order chi connectivity index (χ0) is 17.1. The van der Waals surface area contributed by atoms with Crippen molar-refractivity contribution in [1.29, 1.82) is 0 Å². The van der Waals surface area contributed by atoms with Crippen molar-refractivity contribution in [3.05, 3.63) is 53.2 Å². The van der Waals surface area contributed by atoms with Gasteiger partial charge in [-0.3, -0.25) is 9.80 Å². The molecule has 1 aromatic carbocycles. The Kier molecular flexibility index (Phi) is 5.33. The Bertz CT molecular complexity index is 636. The number of aliphatic hydroxyl groups is 1. The summed E-state index contributed by atoms with van der Waals surface area (Å²) in [5.74, 6) is 1.71. The standard InChI is InChI=1S/C19H27N3O2/c1-14-11-21(13-19-20-15(2)16(3)24-19)9-10-22(14)12-18(23)17-7-5-4-6-8-17/h4-8,14,18,23H,9-13H2,1-3H3/t14-,18+/m1/s1. The molecule has 2 atom stereocenters. The summed E-state index contributed by atoms with van der Waals surface area (Å²) < 4.78 is 5.70. The van der Waals surface area contributed by atoms with Crippen molar-refractivity contribution in [2.75, 3.05) is 26.2 Å². The lowest BCUT2D eigenvalue weighted by Gasteiger charge is -2.40. The molecule has 1 aliphatic rings. The number of rotatable bonds is 5. The van der Waals surface area contributed by atoms with E-state index in [9.17, 15) is 5.11 Å². The Balaban J connectivity index is 1.53. The van der Waals surface area contributed by atoms with E-state index in [1.807, 2.05) is 44.2 Å². The van der Waals surface area contributed by atoms with Crippen molar-refractivity contribution in [1.82, 2.24) is 14.8 Å². The third-order valence-corrected chi connectivity index (χ3v) is 4.87. The van der Waals surface area contributed by atoms with Gasteiger partial charge in [-0.2, -0.15) is 0 Å². The van der Waals surface area contributed by atoms with Gasteiger partial charge >= 0.3 is 0 Å². The van der Waals surface area contributed by atoms with Crippen LogP contribution < -0.4 is 0 Å². The Hall–Kier alpha value is -1.69. The largest absolute Gasteiger partial charge is 0.444 e. The van der Waals surface area contributed by atoms with Gasteiger partial charge in [-0.15, -0.1) is 0 Å². The Morgan fingerprint density at radius 3 is 2.62 bits per heavy atom. The quantitative estimate of drug-likeness (QED) is 0.913. The van der Waals surface area contributed by atoms with E-state index in [2.05, 4.69) is 21.7 Å². The molecule has 5 nitrogen and oxygen atoms in total. The average Bonchev–Trinajstić information content (AvgIpc) is 2.88. The van der Waals surface area contributed by atoms with Crippen LogP contribution in [0.2, 0.25) is 0 Å². The first-order valence-electron chi connectivity index (χ1n) is 8.65. The lowest BCUT2D eigenvalue weighted by atomic mass is 10.1. The van der Waals surface area contributed by atoms with Crippen LogP contribution in [0.4, 0.5) is 0 Å². The molecule has 2 heterocycles. The van der Waals surface area contributed by atoms with Crippen LogP contribution in [0, 0.1) is 13.8 Å². The SMILES string of the molecule is Cc1nc(CN2CCN(C[C@H](O)c3ccccc3)[C@H](C)C2)oc1C. The first kappa shape index (κ1) is 17.1. The predicted octanol–water partition coefficient (Wildman–Crippen LogP) is 2.53. The van der Waals surface area contributed by atoms with Crippen molar-refractivity contribution in [2.24, 2.45) is 0 Å². The van der Waals surface area contributed by atoms with Gasteiger partial charge in [0.2, 0.25) is 5.89 Å². The molecule has 0 amide bonds. The highest BCUT2D eigenvalue weighted by atomic mass is 16.4. The van der Waals surface area contributed by atoms with E-state index in [1.165, 1.54) is 0 Å². The van der Waals surface area contributed by atoms with E-state index in [4.69, 9.17) is 4.42 Å². The van der Waals surface area contributed by atoms with Gasteiger partial charge in [0.05, 0.1) is 18.3 Å². The maximum Gasteiger partial charge on any atom is 0.208 e. The van der Waals surface area contributed by atoms with E-state index in [0.717, 1.165) is 49.1 Å².